The summed E-state index contributed by atoms with van der Waals surface area (Å²) in [5, 5.41) is 0.995. The molecule has 0 aliphatic carbocycles. The lowest BCUT2D eigenvalue weighted by molar-refractivity contribution is 0.371. The molecule has 1 saturated heterocycles. The van der Waals surface area contributed by atoms with Crippen LogP contribution in [0.2, 0.25) is 0 Å². The summed E-state index contributed by atoms with van der Waals surface area (Å²) in [6.45, 7) is 0.994. The van der Waals surface area contributed by atoms with Gasteiger partial charge in [-0.25, -0.2) is 0 Å². The Kier molecular flexibility index (Phi) is 4.63. The van der Waals surface area contributed by atoms with Gasteiger partial charge >= 0.3 is 0 Å². The minimum atomic E-state index is 0.501. The predicted molar refractivity (Wildman–Crippen MR) is 73.9 cm³/mol. The van der Waals surface area contributed by atoms with E-state index in [4.69, 9.17) is 9.47 Å². The molecule has 2 rings (SSSR count). The van der Waals surface area contributed by atoms with Gasteiger partial charge in [0.1, 0.15) is 0 Å². The highest BCUT2D eigenvalue weighted by atomic mass is 79.9. The second kappa shape index (κ2) is 6.22. The van der Waals surface area contributed by atoms with Crippen LogP contribution >= 0.6 is 15.9 Å². The first-order valence-corrected chi connectivity index (χ1v) is 7.20. The van der Waals surface area contributed by atoms with Crippen molar-refractivity contribution in [2.45, 2.75) is 25.3 Å². The molecule has 0 radical (unpaired) electrons. The number of anilines is 1. The van der Waals surface area contributed by atoms with Crippen LogP contribution in [0.1, 0.15) is 19.3 Å². The molecule has 100 valence electrons. The first-order valence-electron chi connectivity index (χ1n) is 6.08. The standard InChI is InChI=1S/C12H18BrN3O2/c1-17-10-8-11(18-2)15-12(14-10)16-7-3-4-9(16)5-6-13/h8-9H,3-7H2,1-2H3. The van der Waals surface area contributed by atoms with Crippen LogP contribution in [0, 0.1) is 0 Å². The maximum Gasteiger partial charge on any atom is 0.232 e. The Morgan fingerprint density at radius 1 is 1.33 bits per heavy atom. The van der Waals surface area contributed by atoms with Crippen molar-refractivity contribution >= 4 is 21.9 Å². The predicted octanol–water partition coefficient (Wildman–Crippen LogP) is 2.25. The van der Waals surface area contributed by atoms with Crippen LogP contribution < -0.4 is 14.4 Å². The van der Waals surface area contributed by atoms with Crippen LogP contribution in [0.15, 0.2) is 6.07 Å². The van der Waals surface area contributed by atoms with E-state index in [0.29, 0.717) is 23.8 Å². The molecule has 0 N–H and O–H groups in total. The van der Waals surface area contributed by atoms with Crippen LogP contribution in [0.3, 0.4) is 0 Å². The zero-order chi connectivity index (χ0) is 13.0. The normalized spacial score (nSPS) is 19.1. The van der Waals surface area contributed by atoms with Crippen LogP contribution in [-0.4, -0.2) is 42.1 Å². The third kappa shape index (κ3) is 2.85. The smallest absolute Gasteiger partial charge is 0.232 e. The number of alkyl halides is 1. The molecule has 1 aliphatic rings. The summed E-state index contributed by atoms with van der Waals surface area (Å²) in [6, 6.07) is 2.19. The Morgan fingerprint density at radius 2 is 2.00 bits per heavy atom. The highest BCUT2D eigenvalue weighted by molar-refractivity contribution is 9.09. The van der Waals surface area contributed by atoms with Gasteiger partial charge in [-0.05, 0) is 19.3 Å². The number of ether oxygens (including phenoxy) is 2. The summed E-state index contributed by atoms with van der Waals surface area (Å²) in [6.07, 6.45) is 3.47. The lowest BCUT2D eigenvalue weighted by atomic mass is 10.2. The van der Waals surface area contributed by atoms with Gasteiger partial charge in [0.05, 0.1) is 20.3 Å². The van der Waals surface area contributed by atoms with Crippen LogP contribution in [0.25, 0.3) is 0 Å². The molecule has 1 fully saturated rings. The first kappa shape index (κ1) is 13.4. The molecule has 0 saturated carbocycles. The van der Waals surface area contributed by atoms with Crippen molar-refractivity contribution in [3.8, 4) is 11.8 Å². The molecule has 1 atom stereocenters. The second-order valence-electron chi connectivity index (χ2n) is 4.22. The van der Waals surface area contributed by atoms with E-state index < -0.39 is 0 Å². The minimum absolute atomic E-state index is 0.501. The summed E-state index contributed by atoms with van der Waals surface area (Å²) >= 11 is 3.50. The molecule has 1 aromatic heterocycles. The number of nitrogens with zero attached hydrogens (tertiary/aromatic N) is 3. The average molecular weight is 316 g/mol. The van der Waals surface area contributed by atoms with Gasteiger partial charge in [0, 0.05) is 17.9 Å². The molecule has 5 nitrogen and oxygen atoms in total. The minimum Gasteiger partial charge on any atom is -0.481 e. The van der Waals surface area contributed by atoms with E-state index in [1.54, 1.807) is 20.3 Å². The van der Waals surface area contributed by atoms with Gasteiger partial charge in [0.2, 0.25) is 17.7 Å². The fraction of sp³-hybridized carbons (Fsp3) is 0.667. The Morgan fingerprint density at radius 3 is 2.56 bits per heavy atom. The van der Waals surface area contributed by atoms with E-state index in [-0.39, 0.29) is 0 Å². The van der Waals surface area contributed by atoms with Gasteiger partial charge in [-0.2, -0.15) is 9.97 Å². The molecule has 1 aliphatic heterocycles. The zero-order valence-electron chi connectivity index (χ0n) is 10.7. The molecule has 2 heterocycles. The summed E-state index contributed by atoms with van der Waals surface area (Å²) in [5.74, 6) is 1.79. The monoisotopic (exact) mass is 315 g/mol. The molecular formula is C12H18BrN3O2. The number of methoxy groups -OCH3 is 2. The van der Waals surface area contributed by atoms with Crippen molar-refractivity contribution in [1.82, 2.24) is 9.97 Å². The van der Waals surface area contributed by atoms with Crippen molar-refractivity contribution in [2.75, 3.05) is 31.0 Å². The lowest BCUT2D eigenvalue weighted by Crippen LogP contribution is -2.31. The van der Waals surface area contributed by atoms with E-state index in [0.717, 1.165) is 18.3 Å². The molecule has 0 bridgehead atoms. The molecule has 0 amide bonds. The molecule has 6 heteroatoms. The SMILES string of the molecule is COc1cc(OC)nc(N2CCCC2CCBr)n1. The van der Waals surface area contributed by atoms with Crippen LogP contribution in [0.4, 0.5) is 5.95 Å². The molecule has 0 spiro atoms. The number of hydrogen-bond acceptors (Lipinski definition) is 5. The van der Waals surface area contributed by atoms with E-state index in [9.17, 15) is 0 Å². The zero-order valence-corrected chi connectivity index (χ0v) is 12.3. The molecule has 1 aromatic rings. The van der Waals surface area contributed by atoms with Gasteiger partial charge in [-0.1, -0.05) is 15.9 Å². The number of halogens is 1. The van der Waals surface area contributed by atoms with Crippen molar-refractivity contribution in [3.05, 3.63) is 6.07 Å². The first-order chi connectivity index (χ1) is 8.78. The Hall–Kier alpha value is -1.04. The number of hydrogen-bond donors (Lipinski definition) is 0. The summed E-state index contributed by atoms with van der Waals surface area (Å²) in [5.41, 5.74) is 0. The Labute approximate surface area is 116 Å². The Bertz CT molecular complexity index is 381. The largest absolute Gasteiger partial charge is 0.481 e. The van der Waals surface area contributed by atoms with Gasteiger partial charge < -0.3 is 14.4 Å². The molecule has 1 unspecified atom stereocenters. The summed E-state index contributed by atoms with van der Waals surface area (Å²) in [7, 11) is 3.21. The maximum absolute atomic E-state index is 5.19. The van der Waals surface area contributed by atoms with Crippen molar-refractivity contribution in [3.63, 3.8) is 0 Å². The number of aromatic nitrogens is 2. The molecule has 0 aromatic carbocycles. The summed E-state index contributed by atoms with van der Waals surface area (Å²) in [4.78, 5) is 11.1. The lowest BCUT2D eigenvalue weighted by Gasteiger charge is -2.24. The van der Waals surface area contributed by atoms with E-state index >= 15 is 0 Å². The Balaban J connectivity index is 2.25. The van der Waals surface area contributed by atoms with Crippen molar-refractivity contribution in [1.29, 1.82) is 0 Å². The highest BCUT2D eigenvalue weighted by Gasteiger charge is 2.26. The highest BCUT2D eigenvalue weighted by Crippen LogP contribution is 2.28. The third-order valence-electron chi connectivity index (χ3n) is 3.16. The van der Waals surface area contributed by atoms with Crippen molar-refractivity contribution < 1.29 is 9.47 Å². The van der Waals surface area contributed by atoms with Gasteiger partial charge in [0.25, 0.3) is 0 Å². The van der Waals surface area contributed by atoms with E-state index in [1.165, 1.54) is 12.8 Å². The molecule has 18 heavy (non-hydrogen) atoms. The average Bonchev–Trinajstić information content (AvgIpc) is 2.87. The van der Waals surface area contributed by atoms with E-state index in [1.807, 2.05) is 0 Å². The fourth-order valence-corrected chi connectivity index (χ4v) is 2.78. The van der Waals surface area contributed by atoms with E-state index in [2.05, 4.69) is 30.8 Å². The molecular weight excluding hydrogens is 298 g/mol. The van der Waals surface area contributed by atoms with Crippen LogP contribution in [-0.2, 0) is 0 Å². The quantitative estimate of drug-likeness (QED) is 0.780. The van der Waals surface area contributed by atoms with Crippen LogP contribution in [0.5, 0.6) is 11.8 Å². The van der Waals surface area contributed by atoms with Crippen molar-refractivity contribution in [2.24, 2.45) is 0 Å². The third-order valence-corrected chi connectivity index (χ3v) is 3.62. The topological polar surface area (TPSA) is 47.5 Å². The number of rotatable bonds is 5. The van der Waals surface area contributed by atoms with Gasteiger partial charge in [0.15, 0.2) is 0 Å². The summed E-state index contributed by atoms with van der Waals surface area (Å²) < 4.78 is 10.4. The second-order valence-corrected chi connectivity index (χ2v) is 5.01. The van der Waals surface area contributed by atoms with Gasteiger partial charge in [-0.15, -0.1) is 0 Å². The maximum atomic E-state index is 5.19. The van der Waals surface area contributed by atoms with Gasteiger partial charge in [-0.3, -0.25) is 0 Å². The fourth-order valence-electron chi connectivity index (χ4n) is 2.25.